The second-order valence-electron chi connectivity index (χ2n) is 4.45. The molecule has 0 heterocycles. The third-order valence-corrected chi connectivity index (χ3v) is 3.80. The lowest BCUT2D eigenvalue weighted by Gasteiger charge is -2.18. The molecule has 100 valence electrons. The van der Waals surface area contributed by atoms with E-state index in [1.165, 1.54) is 6.07 Å². The topological polar surface area (TPSA) is 12.0 Å². The average molecular weight is 298 g/mol. The van der Waals surface area contributed by atoms with Crippen LogP contribution >= 0.6 is 23.2 Å². The van der Waals surface area contributed by atoms with Gasteiger partial charge < -0.3 is 5.32 Å². The molecule has 0 radical (unpaired) electrons. The van der Waals surface area contributed by atoms with E-state index < -0.39 is 5.82 Å². The average Bonchev–Trinajstić information content (AvgIpc) is 2.38. The fourth-order valence-electron chi connectivity index (χ4n) is 1.86. The number of anilines is 1. The van der Waals surface area contributed by atoms with Crippen LogP contribution in [0.4, 0.5) is 10.1 Å². The predicted octanol–water partition coefficient (Wildman–Crippen LogP) is 5.61. The van der Waals surface area contributed by atoms with Crippen LogP contribution < -0.4 is 5.32 Å². The highest BCUT2D eigenvalue weighted by Gasteiger charge is 2.10. The van der Waals surface area contributed by atoms with Crippen LogP contribution in [0.25, 0.3) is 0 Å². The van der Waals surface area contributed by atoms with Gasteiger partial charge in [-0.1, -0.05) is 35.3 Å². The van der Waals surface area contributed by atoms with Crippen molar-refractivity contribution in [1.29, 1.82) is 0 Å². The number of halogens is 3. The molecule has 1 atom stereocenters. The Hall–Kier alpha value is -1.25. The minimum absolute atomic E-state index is 0.0380. The van der Waals surface area contributed by atoms with E-state index >= 15 is 0 Å². The Morgan fingerprint density at radius 2 is 1.84 bits per heavy atom. The lowest BCUT2D eigenvalue weighted by atomic mass is 10.1. The number of benzene rings is 2. The smallest absolute Gasteiger partial charge is 0.142 e. The normalized spacial score (nSPS) is 12.3. The lowest BCUT2D eigenvalue weighted by molar-refractivity contribution is 0.624. The van der Waals surface area contributed by atoms with E-state index in [9.17, 15) is 4.39 Å². The van der Waals surface area contributed by atoms with E-state index in [2.05, 4.69) is 5.32 Å². The molecule has 2 aromatic carbocycles. The first-order chi connectivity index (χ1) is 8.99. The van der Waals surface area contributed by atoms with Crippen LogP contribution in [0.15, 0.2) is 36.4 Å². The summed E-state index contributed by atoms with van der Waals surface area (Å²) < 4.78 is 13.4. The summed E-state index contributed by atoms with van der Waals surface area (Å²) in [7, 11) is 0. The van der Waals surface area contributed by atoms with E-state index in [1.54, 1.807) is 6.07 Å². The van der Waals surface area contributed by atoms with Crippen LogP contribution in [0.3, 0.4) is 0 Å². The van der Waals surface area contributed by atoms with Gasteiger partial charge in [0.1, 0.15) is 5.82 Å². The molecule has 1 N–H and O–H groups in total. The van der Waals surface area contributed by atoms with Gasteiger partial charge >= 0.3 is 0 Å². The molecule has 1 nitrogen and oxygen atoms in total. The van der Waals surface area contributed by atoms with Crippen molar-refractivity contribution in [2.45, 2.75) is 19.9 Å². The molecule has 1 unspecified atom stereocenters. The van der Waals surface area contributed by atoms with Crippen molar-refractivity contribution in [3.8, 4) is 0 Å². The summed E-state index contributed by atoms with van der Waals surface area (Å²) >= 11 is 11.8. The number of hydrogen-bond acceptors (Lipinski definition) is 1. The van der Waals surface area contributed by atoms with Gasteiger partial charge in [0.25, 0.3) is 0 Å². The zero-order valence-electron chi connectivity index (χ0n) is 10.7. The molecule has 0 saturated heterocycles. The van der Waals surface area contributed by atoms with Crippen molar-refractivity contribution in [2.75, 3.05) is 5.32 Å². The quantitative estimate of drug-likeness (QED) is 0.776. The fraction of sp³-hybridized carbons (Fsp3) is 0.200. The molecule has 0 aromatic heterocycles. The summed E-state index contributed by atoms with van der Waals surface area (Å²) in [5.41, 5.74) is 2.75. The van der Waals surface area contributed by atoms with Crippen LogP contribution in [-0.4, -0.2) is 0 Å². The highest BCUT2D eigenvalue weighted by molar-refractivity contribution is 6.31. The first-order valence-corrected chi connectivity index (χ1v) is 6.71. The summed E-state index contributed by atoms with van der Waals surface area (Å²) in [5, 5.41) is 4.16. The van der Waals surface area contributed by atoms with E-state index in [1.807, 2.05) is 38.1 Å². The molecule has 0 amide bonds. The molecular weight excluding hydrogens is 284 g/mol. The van der Waals surface area contributed by atoms with Gasteiger partial charge in [-0.3, -0.25) is 0 Å². The van der Waals surface area contributed by atoms with Gasteiger partial charge in [0.15, 0.2) is 0 Å². The predicted molar refractivity (Wildman–Crippen MR) is 79.6 cm³/mol. The van der Waals surface area contributed by atoms with Crippen molar-refractivity contribution >= 4 is 28.9 Å². The molecular formula is C15H14Cl2FN. The van der Waals surface area contributed by atoms with Gasteiger partial charge in [0, 0.05) is 16.8 Å². The molecule has 0 fully saturated rings. The first-order valence-electron chi connectivity index (χ1n) is 5.95. The molecule has 0 saturated carbocycles. The monoisotopic (exact) mass is 297 g/mol. The maximum Gasteiger partial charge on any atom is 0.142 e. The van der Waals surface area contributed by atoms with Crippen molar-refractivity contribution in [3.05, 3.63) is 63.4 Å². The van der Waals surface area contributed by atoms with Gasteiger partial charge in [0.05, 0.1) is 5.02 Å². The van der Waals surface area contributed by atoms with Crippen LogP contribution in [0.2, 0.25) is 10.0 Å². The molecule has 4 heteroatoms. The van der Waals surface area contributed by atoms with Gasteiger partial charge in [0.2, 0.25) is 0 Å². The third kappa shape index (κ3) is 3.20. The molecule has 0 bridgehead atoms. The van der Waals surface area contributed by atoms with Crippen molar-refractivity contribution in [2.24, 2.45) is 0 Å². The second-order valence-corrected chi connectivity index (χ2v) is 5.27. The van der Waals surface area contributed by atoms with Gasteiger partial charge in [-0.25, -0.2) is 4.39 Å². The summed E-state index contributed by atoms with van der Waals surface area (Å²) in [6.07, 6.45) is 0. The van der Waals surface area contributed by atoms with E-state index in [-0.39, 0.29) is 11.1 Å². The minimum atomic E-state index is -0.407. The van der Waals surface area contributed by atoms with Crippen LogP contribution in [0.5, 0.6) is 0 Å². The Labute approximate surface area is 122 Å². The zero-order valence-corrected chi connectivity index (χ0v) is 12.2. The first kappa shape index (κ1) is 14.2. The molecule has 19 heavy (non-hydrogen) atoms. The van der Waals surface area contributed by atoms with Crippen molar-refractivity contribution in [3.63, 3.8) is 0 Å². The Morgan fingerprint density at radius 3 is 2.53 bits per heavy atom. The maximum absolute atomic E-state index is 13.4. The van der Waals surface area contributed by atoms with Crippen molar-refractivity contribution < 1.29 is 4.39 Å². The molecule has 0 aliphatic rings. The zero-order chi connectivity index (χ0) is 14.0. The Bertz CT molecular complexity index is 599. The van der Waals surface area contributed by atoms with Crippen LogP contribution in [0, 0.1) is 12.7 Å². The maximum atomic E-state index is 13.4. The molecule has 0 aliphatic carbocycles. The number of rotatable bonds is 3. The number of nitrogens with one attached hydrogen (secondary N) is 1. The summed E-state index contributed by atoms with van der Waals surface area (Å²) in [5.74, 6) is -0.407. The highest BCUT2D eigenvalue weighted by atomic mass is 35.5. The largest absolute Gasteiger partial charge is 0.378 e. The third-order valence-electron chi connectivity index (χ3n) is 3.08. The van der Waals surface area contributed by atoms with Crippen LogP contribution in [0.1, 0.15) is 24.1 Å². The van der Waals surface area contributed by atoms with Gasteiger partial charge in [-0.2, -0.15) is 0 Å². The van der Waals surface area contributed by atoms with Gasteiger partial charge in [-0.15, -0.1) is 0 Å². The Kier molecular flexibility index (Phi) is 4.33. The summed E-state index contributed by atoms with van der Waals surface area (Å²) in [6.45, 7) is 3.91. The fourth-order valence-corrected chi connectivity index (χ4v) is 2.15. The number of hydrogen-bond donors (Lipinski definition) is 1. The molecule has 0 spiro atoms. The molecule has 2 aromatic rings. The Balaban J connectivity index is 2.23. The van der Waals surface area contributed by atoms with Crippen LogP contribution in [-0.2, 0) is 0 Å². The SMILES string of the molecule is Cc1c(Cl)cccc1NC(C)c1ccc(Cl)c(F)c1. The van der Waals surface area contributed by atoms with Gasteiger partial charge in [-0.05, 0) is 49.2 Å². The molecule has 2 rings (SSSR count). The highest BCUT2D eigenvalue weighted by Crippen LogP contribution is 2.28. The molecule has 0 aliphatic heterocycles. The van der Waals surface area contributed by atoms with E-state index in [0.717, 1.165) is 16.8 Å². The van der Waals surface area contributed by atoms with Crippen molar-refractivity contribution in [1.82, 2.24) is 0 Å². The second kappa shape index (κ2) is 5.81. The minimum Gasteiger partial charge on any atom is -0.378 e. The Morgan fingerprint density at radius 1 is 1.11 bits per heavy atom. The lowest BCUT2D eigenvalue weighted by Crippen LogP contribution is -2.08. The van der Waals surface area contributed by atoms with E-state index in [4.69, 9.17) is 23.2 Å². The summed E-state index contributed by atoms with van der Waals surface area (Å²) in [4.78, 5) is 0. The van der Waals surface area contributed by atoms with E-state index in [0.29, 0.717) is 5.02 Å². The standard InChI is InChI=1S/C15H14Cl2FN/c1-9-12(16)4-3-5-15(9)19-10(2)11-6-7-13(17)14(18)8-11/h3-8,10,19H,1-2H3. The summed E-state index contributed by atoms with van der Waals surface area (Å²) in [6, 6.07) is 10.5.